The SMILES string of the molecule is COCC1OC(N2C=C(C#CCC(C)=O)C(N)NC2=O)C(O)C1O. The smallest absolute Gasteiger partial charge is 0.325 e. The van der Waals surface area contributed by atoms with Gasteiger partial charge in [-0.05, 0) is 6.92 Å². The molecule has 24 heavy (non-hydrogen) atoms. The molecule has 0 spiro atoms. The second-order valence-corrected chi connectivity index (χ2v) is 5.60. The Morgan fingerprint density at radius 1 is 1.50 bits per heavy atom. The number of aliphatic hydroxyl groups excluding tert-OH is 2. The molecule has 5 unspecified atom stereocenters. The van der Waals surface area contributed by atoms with E-state index in [2.05, 4.69) is 17.2 Å². The number of Topliss-reactive ketones (excluding diaryl/α,β-unsaturated/α-hetero) is 1. The van der Waals surface area contributed by atoms with Gasteiger partial charge in [0, 0.05) is 13.3 Å². The van der Waals surface area contributed by atoms with Gasteiger partial charge in [-0.1, -0.05) is 11.8 Å². The number of ketones is 1. The number of carbonyl (C=O) groups is 2. The summed E-state index contributed by atoms with van der Waals surface area (Å²) in [7, 11) is 1.44. The number of methoxy groups -OCH3 is 1. The van der Waals surface area contributed by atoms with Crippen molar-refractivity contribution in [2.45, 2.75) is 44.1 Å². The summed E-state index contributed by atoms with van der Waals surface area (Å²) in [6.07, 6.45) is -3.78. The summed E-state index contributed by atoms with van der Waals surface area (Å²) in [6, 6.07) is -0.589. The molecular weight excluding hydrogens is 318 g/mol. The van der Waals surface area contributed by atoms with Gasteiger partial charge in [0.1, 0.15) is 30.3 Å². The molecule has 2 aliphatic rings. The van der Waals surface area contributed by atoms with Crippen LogP contribution in [0.5, 0.6) is 0 Å². The van der Waals surface area contributed by atoms with Gasteiger partial charge in [-0.3, -0.25) is 9.69 Å². The Hall–Kier alpha value is -1.96. The highest BCUT2D eigenvalue weighted by atomic mass is 16.6. The van der Waals surface area contributed by atoms with Crippen molar-refractivity contribution < 1.29 is 29.3 Å². The van der Waals surface area contributed by atoms with Gasteiger partial charge in [0.25, 0.3) is 0 Å². The molecule has 9 nitrogen and oxygen atoms in total. The third-order valence-corrected chi connectivity index (χ3v) is 3.64. The lowest BCUT2D eigenvalue weighted by Crippen LogP contribution is -2.56. The zero-order valence-corrected chi connectivity index (χ0v) is 13.4. The van der Waals surface area contributed by atoms with Gasteiger partial charge < -0.3 is 30.7 Å². The van der Waals surface area contributed by atoms with Gasteiger partial charge in [-0.25, -0.2) is 4.79 Å². The molecule has 2 rings (SSSR count). The molecule has 2 heterocycles. The maximum atomic E-state index is 12.1. The Labute approximate surface area is 139 Å². The second-order valence-electron chi connectivity index (χ2n) is 5.60. The minimum atomic E-state index is -1.31. The summed E-state index contributed by atoms with van der Waals surface area (Å²) in [6.45, 7) is 1.48. The van der Waals surface area contributed by atoms with Gasteiger partial charge in [0.2, 0.25) is 0 Å². The van der Waals surface area contributed by atoms with Crippen molar-refractivity contribution in [1.29, 1.82) is 0 Å². The molecule has 1 fully saturated rings. The fourth-order valence-electron chi connectivity index (χ4n) is 2.40. The van der Waals surface area contributed by atoms with E-state index in [4.69, 9.17) is 15.2 Å². The predicted octanol–water partition coefficient (Wildman–Crippen LogP) is -1.74. The molecule has 0 aromatic heterocycles. The number of rotatable bonds is 4. The third kappa shape index (κ3) is 3.92. The minimum absolute atomic E-state index is 0.0647. The van der Waals surface area contributed by atoms with Gasteiger partial charge in [-0.15, -0.1) is 0 Å². The number of aliphatic hydroxyl groups is 2. The Bertz CT molecular complexity index is 596. The van der Waals surface area contributed by atoms with E-state index in [-0.39, 0.29) is 18.8 Å². The lowest BCUT2D eigenvalue weighted by molar-refractivity contribution is -0.116. The number of urea groups is 1. The molecule has 5 atom stereocenters. The van der Waals surface area contributed by atoms with Crippen molar-refractivity contribution in [3.8, 4) is 11.8 Å². The fraction of sp³-hybridized carbons (Fsp3) is 0.600. The lowest BCUT2D eigenvalue weighted by Gasteiger charge is -2.33. The number of nitrogens with two attached hydrogens (primary N) is 1. The Morgan fingerprint density at radius 3 is 2.83 bits per heavy atom. The molecule has 2 aliphatic heterocycles. The topological polar surface area (TPSA) is 134 Å². The zero-order valence-electron chi connectivity index (χ0n) is 13.4. The van der Waals surface area contributed by atoms with Crippen LogP contribution in [0.1, 0.15) is 13.3 Å². The molecule has 9 heteroatoms. The number of nitrogens with zero attached hydrogens (tertiary/aromatic N) is 1. The highest BCUT2D eigenvalue weighted by molar-refractivity contribution is 5.79. The van der Waals surface area contributed by atoms with Crippen LogP contribution in [-0.4, -0.2) is 71.3 Å². The first-order chi connectivity index (χ1) is 11.3. The van der Waals surface area contributed by atoms with Gasteiger partial charge in [-0.2, -0.15) is 0 Å². The normalized spacial score (nSPS) is 32.7. The van der Waals surface area contributed by atoms with Gasteiger partial charge in [0.05, 0.1) is 18.6 Å². The molecule has 132 valence electrons. The van der Waals surface area contributed by atoms with Crippen molar-refractivity contribution in [1.82, 2.24) is 10.2 Å². The summed E-state index contributed by atoms with van der Waals surface area (Å²) >= 11 is 0. The molecule has 5 N–H and O–H groups in total. The van der Waals surface area contributed by atoms with E-state index < -0.39 is 36.7 Å². The van der Waals surface area contributed by atoms with Gasteiger partial charge >= 0.3 is 6.03 Å². The van der Waals surface area contributed by atoms with Crippen molar-refractivity contribution in [3.63, 3.8) is 0 Å². The average molecular weight is 339 g/mol. The number of hydrogen-bond donors (Lipinski definition) is 4. The van der Waals surface area contributed by atoms with E-state index in [1.54, 1.807) is 0 Å². The average Bonchev–Trinajstić information content (AvgIpc) is 2.78. The van der Waals surface area contributed by atoms with E-state index >= 15 is 0 Å². The summed E-state index contributed by atoms with van der Waals surface area (Å²) in [4.78, 5) is 24.2. The number of amides is 2. The van der Waals surface area contributed by atoms with Crippen LogP contribution in [0.15, 0.2) is 11.8 Å². The molecule has 0 bridgehead atoms. The van der Waals surface area contributed by atoms with E-state index in [9.17, 15) is 19.8 Å². The predicted molar refractivity (Wildman–Crippen MR) is 82.1 cm³/mol. The van der Waals surface area contributed by atoms with Gasteiger partial charge in [0.15, 0.2) is 6.23 Å². The standard InChI is InChI=1S/C15H21N3O6/c1-8(19)4-3-5-9-6-18(15(22)17-13(9)16)14-12(21)11(20)10(24-14)7-23-2/h6,10-14,20-21H,4,7,16H2,1-2H3,(H,17,22). The summed E-state index contributed by atoms with van der Waals surface area (Å²) in [5, 5.41) is 22.6. The number of ether oxygens (including phenoxy) is 2. The zero-order chi connectivity index (χ0) is 17.9. The quantitative estimate of drug-likeness (QED) is 0.446. The number of carbonyl (C=O) groups excluding carboxylic acids is 2. The maximum absolute atomic E-state index is 12.1. The number of hydrogen-bond acceptors (Lipinski definition) is 7. The van der Waals surface area contributed by atoms with Crippen LogP contribution < -0.4 is 11.1 Å². The second kappa shape index (κ2) is 7.74. The van der Waals surface area contributed by atoms with Crippen molar-refractivity contribution >= 4 is 11.8 Å². The highest BCUT2D eigenvalue weighted by Crippen LogP contribution is 2.26. The van der Waals surface area contributed by atoms with E-state index in [1.807, 2.05) is 0 Å². The van der Waals surface area contributed by atoms with E-state index in [0.29, 0.717) is 5.57 Å². The molecule has 0 saturated carbocycles. The van der Waals surface area contributed by atoms with Crippen molar-refractivity contribution in [3.05, 3.63) is 11.8 Å². The molecule has 0 radical (unpaired) electrons. The summed E-state index contributed by atoms with van der Waals surface area (Å²) in [5.74, 6) is 5.30. The summed E-state index contributed by atoms with van der Waals surface area (Å²) < 4.78 is 10.4. The molecule has 2 amide bonds. The Kier molecular flexibility index (Phi) is 5.93. The molecule has 1 saturated heterocycles. The van der Waals surface area contributed by atoms with Crippen LogP contribution >= 0.6 is 0 Å². The van der Waals surface area contributed by atoms with Crippen molar-refractivity contribution in [2.75, 3.05) is 13.7 Å². The van der Waals surface area contributed by atoms with Crippen LogP contribution in [0.4, 0.5) is 4.79 Å². The monoisotopic (exact) mass is 339 g/mol. The minimum Gasteiger partial charge on any atom is -0.387 e. The molecule has 0 aromatic rings. The fourth-order valence-corrected chi connectivity index (χ4v) is 2.40. The van der Waals surface area contributed by atoms with Crippen LogP contribution in [0.3, 0.4) is 0 Å². The van der Waals surface area contributed by atoms with E-state index in [1.165, 1.54) is 20.2 Å². The first kappa shape index (κ1) is 18.4. The number of nitrogens with one attached hydrogen (secondary N) is 1. The maximum Gasteiger partial charge on any atom is 0.325 e. The van der Waals surface area contributed by atoms with Crippen molar-refractivity contribution in [2.24, 2.45) is 5.73 Å². The summed E-state index contributed by atoms with van der Waals surface area (Å²) in [5.41, 5.74) is 6.15. The molecule has 0 aliphatic carbocycles. The third-order valence-electron chi connectivity index (χ3n) is 3.64. The van der Waals surface area contributed by atoms with E-state index in [0.717, 1.165) is 4.90 Å². The highest BCUT2D eigenvalue weighted by Gasteiger charge is 2.47. The van der Waals surface area contributed by atoms with Crippen LogP contribution in [0.2, 0.25) is 0 Å². The van der Waals surface area contributed by atoms with Crippen LogP contribution in [-0.2, 0) is 14.3 Å². The van der Waals surface area contributed by atoms with Crippen LogP contribution in [0.25, 0.3) is 0 Å². The largest absolute Gasteiger partial charge is 0.387 e. The molecule has 0 aromatic carbocycles. The molecular formula is C15H21N3O6. The Balaban J connectivity index is 2.21. The first-order valence-electron chi connectivity index (χ1n) is 7.40. The first-order valence-corrected chi connectivity index (χ1v) is 7.40. The lowest BCUT2D eigenvalue weighted by atomic mass is 10.1. The van der Waals surface area contributed by atoms with Crippen LogP contribution in [0, 0.1) is 11.8 Å². The Morgan fingerprint density at radius 2 is 2.21 bits per heavy atom.